The van der Waals surface area contributed by atoms with E-state index in [1.165, 1.54) is 10.7 Å². The molecule has 0 bridgehead atoms. The second-order valence-corrected chi connectivity index (χ2v) is 5.16. The summed E-state index contributed by atoms with van der Waals surface area (Å²) in [5.74, 6) is 0. The molecule has 0 aliphatic carbocycles. The van der Waals surface area contributed by atoms with Crippen molar-refractivity contribution in [3.05, 3.63) is 35.8 Å². The van der Waals surface area contributed by atoms with Crippen LogP contribution in [0.4, 0.5) is 8.78 Å². The predicted molar refractivity (Wildman–Crippen MR) is 74.0 cm³/mol. The lowest BCUT2D eigenvalue weighted by molar-refractivity contribution is -0.0458. The highest BCUT2D eigenvalue weighted by atomic mass is 19.3. The van der Waals surface area contributed by atoms with Gasteiger partial charge in [-0.05, 0) is 44.4 Å². The van der Waals surface area contributed by atoms with Gasteiger partial charge >= 0.3 is 0 Å². The monoisotopic (exact) mass is 293 g/mol. The largest absolute Gasteiger partial charge is 0.357 e. The predicted octanol–water partition coefficient (Wildman–Crippen LogP) is 3.89. The van der Waals surface area contributed by atoms with Gasteiger partial charge in [-0.3, -0.25) is 4.98 Å². The van der Waals surface area contributed by atoms with Crippen LogP contribution in [0.3, 0.4) is 0 Å². The van der Waals surface area contributed by atoms with Crippen LogP contribution in [0.15, 0.2) is 24.4 Å². The van der Waals surface area contributed by atoms with Crippen molar-refractivity contribution in [3.8, 4) is 11.3 Å². The topological polar surface area (TPSA) is 39.9 Å². The van der Waals surface area contributed by atoms with E-state index in [0.29, 0.717) is 18.7 Å². The van der Waals surface area contributed by atoms with E-state index in [9.17, 15) is 8.78 Å². The molecule has 1 unspecified atom stereocenters. The zero-order chi connectivity index (χ0) is 14.8. The van der Waals surface area contributed by atoms with E-state index in [1.54, 1.807) is 12.3 Å². The van der Waals surface area contributed by atoms with Gasteiger partial charge in [-0.2, -0.15) is 5.10 Å². The van der Waals surface area contributed by atoms with Crippen molar-refractivity contribution < 1.29 is 13.5 Å². The molecule has 1 aliphatic heterocycles. The molecule has 0 saturated carbocycles. The zero-order valence-corrected chi connectivity index (χ0v) is 11.8. The molecule has 1 atom stereocenters. The quantitative estimate of drug-likeness (QED) is 0.862. The van der Waals surface area contributed by atoms with Crippen LogP contribution < -0.4 is 0 Å². The van der Waals surface area contributed by atoms with Crippen LogP contribution in [0.25, 0.3) is 11.3 Å². The lowest BCUT2D eigenvalue weighted by Gasteiger charge is -2.24. The van der Waals surface area contributed by atoms with Crippen LogP contribution in [-0.4, -0.2) is 21.4 Å². The number of ether oxygens (including phenoxy) is 1. The molecule has 0 spiro atoms. The first kappa shape index (κ1) is 14.1. The van der Waals surface area contributed by atoms with Crippen LogP contribution in [0.2, 0.25) is 0 Å². The molecule has 6 heteroatoms. The van der Waals surface area contributed by atoms with E-state index >= 15 is 0 Å². The number of aryl methyl sites for hydroxylation is 1. The molecule has 0 radical (unpaired) electrons. The fraction of sp³-hybridized carbons (Fsp3) is 0.467. The molecule has 112 valence electrons. The van der Waals surface area contributed by atoms with E-state index < -0.39 is 12.7 Å². The van der Waals surface area contributed by atoms with Crippen molar-refractivity contribution in [1.29, 1.82) is 0 Å². The van der Waals surface area contributed by atoms with Crippen molar-refractivity contribution in [2.45, 2.75) is 38.8 Å². The number of rotatable bonds is 3. The fourth-order valence-electron chi connectivity index (χ4n) is 2.61. The molecule has 0 aromatic carbocycles. The Hall–Kier alpha value is -1.82. The SMILES string of the molecule is Cc1ncccc1-c1cc(C(F)F)n(C2CCCCO2)n1. The van der Waals surface area contributed by atoms with E-state index in [1.807, 2.05) is 13.0 Å². The summed E-state index contributed by atoms with van der Waals surface area (Å²) < 4.78 is 33.5. The molecule has 1 fully saturated rings. The third-order valence-electron chi connectivity index (χ3n) is 3.70. The van der Waals surface area contributed by atoms with Gasteiger partial charge < -0.3 is 4.74 Å². The third-order valence-corrected chi connectivity index (χ3v) is 3.70. The molecular formula is C15H17F2N3O. The Morgan fingerprint density at radius 1 is 1.38 bits per heavy atom. The van der Waals surface area contributed by atoms with Gasteiger partial charge in [-0.1, -0.05) is 0 Å². The Bertz CT molecular complexity index is 621. The maximum atomic E-state index is 13.3. The average molecular weight is 293 g/mol. The van der Waals surface area contributed by atoms with Crippen LogP contribution in [0.1, 0.15) is 43.3 Å². The van der Waals surface area contributed by atoms with E-state index in [0.717, 1.165) is 24.1 Å². The normalized spacial score (nSPS) is 19.1. The minimum absolute atomic E-state index is 0.0971. The summed E-state index contributed by atoms with van der Waals surface area (Å²) >= 11 is 0. The first-order valence-electron chi connectivity index (χ1n) is 7.08. The van der Waals surface area contributed by atoms with E-state index in [2.05, 4.69) is 10.1 Å². The summed E-state index contributed by atoms with van der Waals surface area (Å²) in [6, 6.07) is 5.05. The molecule has 0 N–H and O–H groups in total. The second-order valence-electron chi connectivity index (χ2n) is 5.16. The molecule has 21 heavy (non-hydrogen) atoms. The molecule has 3 heterocycles. The summed E-state index contributed by atoms with van der Waals surface area (Å²) in [6.07, 6.45) is 1.36. The molecule has 0 amide bonds. The number of hydrogen-bond donors (Lipinski definition) is 0. The van der Waals surface area contributed by atoms with Gasteiger partial charge in [0.15, 0.2) is 6.23 Å². The summed E-state index contributed by atoms with van der Waals surface area (Å²) in [4.78, 5) is 4.18. The first-order chi connectivity index (χ1) is 10.2. The average Bonchev–Trinajstić information content (AvgIpc) is 2.94. The van der Waals surface area contributed by atoms with Gasteiger partial charge in [0, 0.05) is 24.1 Å². The molecule has 2 aromatic rings. The summed E-state index contributed by atoms with van der Waals surface area (Å²) in [5, 5.41) is 4.36. The van der Waals surface area contributed by atoms with Crippen LogP contribution in [-0.2, 0) is 4.74 Å². The van der Waals surface area contributed by atoms with Gasteiger partial charge in [0.05, 0.1) is 5.69 Å². The van der Waals surface area contributed by atoms with Crippen LogP contribution >= 0.6 is 0 Å². The third kappa shape index (κ3) is 2.81. The highest BCUT2D eigenvalue weighted by Crippen LogP contribution is 2.32. The van der Waals surface area contributed by atoms with Crippen molar-refractivity contribution in [2.75, 3.05) is 6.61 Å². The van der Waals surface area contributed by atoms with Crippen LogP contribution in [0.5, 0.6) is 0 Å². The van der Waals surface area contributed by atoms with Crippen molar-refractivity contribution in [2.24, 2.45) is 0 Å². The first-order valence-corrected chi connectivity index (χ1v) is 7.08. The minimum atomic E-state index is -2.58. The number of aromatic nitrogens is 3. The highest BCUT2D eigenvalue weighted by molar-refractivity contribution is 5.61. The van der Waals surface area contributed by atoms with Gasteiger partial charge in [0.1, 0.15) is 5.69 Å². The summed E-state index contributed by atoms with van der Waals surface area (Å²) in [6.45, 7) is 2.43. The number of hydrogen-bond acceptors (Lipinski definition) is 3. The number of alkyl halides is 2. The molecular weight excluding hydrogens is 276 g/mol. The smallest absolute Gasteiger partial charge is 0.280 e. The summed E-state index contributed by atoms with van der Waals surface area (Å²) in [5.41, 5.74) is 1.96. The number of halogens is 2. The van der Waals surface area contributed by atoms with Gasteiger partial charge in [0.25, 0.3) is 6.43 Å². The fourth-order valence-corrected chi connectivity index (χ4v) is 2.61. The van der Waals surface area contributed by atoms with Gasteiger partial charge in [-0.25, -0.2) is 13.5 Å². The second kappa shape index (κ2) is 5.89. The van der Waals surface area contributed by atoms with Gasteiger partial charge in [0.2, 0.25) is 0 Å². The molecule has 2 aromatic heterocycles. The standard InChI is InChI=1S/C15H17F2N3O/c1-10-11(5-4-7-18-10)12-9-13(15(16)17)20(19-12)14-6-2-3-8-21-14/h4-5,7,9,14-15H,2-3,6,8H2,1H3. The molecule has 4 nitrogen and oxygen atoms in total. The lowest BCUT2D eigenvalue weighted by atomic mass is 10.1. The number of pyridine rings is 1. The Kier molecular flexibility index (Phi) is 3.96. The van der Waals surface area contributed by atoms with Crippen molar-refractivity contribution in [3.63, 3.8) is 0 Å². The molecule has 1 aliphatic rings. The molecule has 1 saturated heterocycles. The molecule has 3 rings (SSSR count). The maximum absolute atomic E-state index is 13.3. The summed E-state index contributed by atoms with van der Waals surface area (Å²) in [7, 11) is 0. The Morgan fingerprint density at radius 3 is 2.90 bits per heavy atom. The Balaban J connectivity index is 2.02. The zero-order valence-electron chi connectivity index (χ0n) is 11.8. The van der Waals surface area contributed by atoms with E-state index in [4.69, 9.17) is 4.74 Å². The van der Waals surface area contributed by atoms with Crippen LogP contribution in [0, 0.1) is 6.92 Å². The van der Waals surface area contributed by atoms with Crippen molar-refractivity contribution >= 4 is 0 Å². The Labute approximate surface area is 121 Å². The van der Waals surface area contributed by atoms with E-state index in [-0.39, 0.29) is 5.69 Å². The minimum Gasteiger partial charge on any atom is -0.357 e. The Morgan fingerprint density at radius 2 is 2.24 bits per heavy atom. The lowest BCUT2D eigenvalue weighted by Crippen LogP contribution is -2.21. The van der Waals surface area contributed by atoms with Gasteiger partial charge in [-0.15, -0.1) is 0 Å². The maximum Gasteiger partial charge on any atom is 0.280 e. The highest BCUT2D eigenvalue weighted by Gasteiger charge is 2.25. The number of nitrogens with zero attached hydrogens (tertiary/aromatic N) is 3. The van der Waals surface area contributed by atoms with Crippen molar-refractivity contribution in [1.82, 2.24) is 14.8 Å².